The van der Waals surface area contributed by atoms with E-state index in [-0.39, 0.29) is 17.7 Å². The second-order valence-electron chi connectivity index (χ2n) is 5.78. The Morgan fingerprint density at radius 1 is 0.905 bits per heavy atom. The first kappa shape index (κ1) is 20.1. The van der Waals surface area contributed by atoms with Gasteiger partial charge in [0.2, 0.25) is 11.8 Å². The summed E-state index contributed by atoms with van der Waals surface area (Å²) in [6.45, 7) is 2.25. The summed E-state index contributed by atoms with van der Waals surface area (Å²) < 4.78 is 0. The van der Waals surface area contributed by atoms with Crippen LogP contribution in [-0.4, -0.2) is 11.8 Å². The average molecular weight is 299 g/mol. The van der Waals surface area contributed by atoms with E-state index >= 15 is 0 Å². The van der Waals surface area contributed by atoms with E-state index in [1.165, 1.54) is 57.8 Å². The van der Waals surface area contributed by atoms with E-state index in [0.717, 1.165) is 12.8 Å². The summed E-state index contributed by atoms with van der Waals surface area (Å²) in [5, 5.41) is 2.37. The third-order valence-electron chi connectivity index (χ3n) is 3.97. The minimum absolute atomic E-state index is 0.0402. The van der Waals surface area contributed by atoms with Crippen LogP contribution in [-0.2, 0) is 9.59 Å². The normalized spacial score (nSPS) is 17.4. The van der Waals surface area contributed by atoms with Crippen molar-refractivity contribution >= 4 is 11.8 Å². The Labute approximate surface area is 129 Å². The maximum atomic E-state index is 11.3. The first-order chi connectivity index (χ1) is 10.2. The zero-order chi connectivity index (χ0) is 15.9. The molecule has 5 nitrogen and oxygen atoms in total. The molecule has 0 aliphatic carbocycles. The van der Waals surface area contributed by atoms with Gasteiger partial charge in [0.15, 0.2) is 0 Å². The van der Waals surface area contributed by atoms with Gasteiger partial charge < -0.3 is 0 Å². The van der Waals surface area contributed by atoms with Gasteiger partial charge in [-0.1, -0.05) is 71.1 Å². The van der Waals surface area contributed by atoms with Crippen LogP contribution in [0.5, 0.6) is 0 Å². The number of nitrogens with two attached hydrogens (primary N) is 2. The highest BCUT2D eigenvalue weighted by Gasteiger charge is 2.29. The Morgan fingerprint density at radius 2 is 1.38 bits per heavy atom. The van der Waals surface area contributed by atoms with Gasteiger partial charge in [-0.15, -0.1) is 0 Å². The van der Waals surface area contributed by atoms with Gasteiger partial charge in [0.25, 0.3) is 0 Å². The standard InChI is InChI=1S/C16H29NO2.H4N2/c1-2-3-4-5-6-7-8-9-10-11-12-14-13-15(18)17-16(14)19;1-2/h14H,2-13H2,1H3,(H,17,18,19);1-2H2. The van der Waals surface area contributed by atoms with Gasteiger partial charge in [0, 0.05) is 12.3 Å². The van der Waals surface area contributed by atoms with E-state index in [0.29, 0.717) is 6.42 Å². The molecule has 1 saturated heterocycles. The van der Waals surface area contributed by atoms with Gasteiger partial charge in [-0.2, -0.15) is 0 Å². The molecule has 1 fully saturated rings. The first-order valence-electron chi connectivity index (χ1n) is 8.41. The molecular formula is C16H33N3O2. The van der Waals surface area contributed by atoms with Crippen LogP contribution in [0.3, 0.4) is 0 Å². The maximum Gasteiger partial charge on any atom is 0.230 e. The lowest BCUT2D eigenvalue weighted by molar-refractivity contribution is -0.125. The second-order valence-corrected chi connectivity index (χ2v) is 5.78. The largest absolute Gasteiger partial charge is 0.296 e. The minimum atomic E-state index is -0.0953. The first-order valence-corrected chi connectivity index (χ1v) is 8.41. The van der Waals surface area contributed by atoms with Crippen molar-refractivity contribution in [1.82, 2.24) is 5.32 Å². The van der Waals surface area contributed by atoms with E-state index in [1.54, 1.807) is 0 Å². The number of carbonyl (C=O) groups is 2. The molecule has 0 spiro atoms. The molecule has 0 aromatic heterocycles. The van der Waals surface area contributed by atoms with Gasteiger partial charge in [-0.25, -0.2) is 0 Å². The zero-order valence-corrected chi connectivity index (χ0v) is 13.5. The summed E-state index contributed by atoms with van der Waals surface area (Å²) in [7, 11) is 0. The number of carbonyl (C=O) groups excluding carboxylic acids is 2. The van der Waals surface area contributed by atoms with Gasteiger partial charge in [-0.05, 0) is 6.42 Å². The average Bonchev–Trinajstić information content (AvgIpc) is 2.81. The molecule has 0 saturated carbocycles. The summed E-state index contributed by atoms with van der Waals surface area (Å²) >= 11 is 0. The Balaban J connectivity index is 0.00000191. The number of amides is 2. The molecule has 5 N–H and O–H groups in total. The van der Waals surface area contributed by atoms with Crippen molar-refractivity contribution < 1.29 is 9.59 Å². The predicted octanol–water partition coefficient (Wildman–Crippen LogP) is 2.78. The Morgan fingerprint density at radius 3 is 1.81 bits per heavy atom. The fourth-order valence-corrected chi connectivity index (χ4v) is 2.72. The SMILES string of the molecule is CCCCCCCCCCCCC1CC(=O)NC1=O.NN. The van der Waals surface area contributed by atoms with E-state index < -0.39 is 0 Å². The molecule has 1 rings (SSSR count). The number of nitrogens with one attached hydrogen (secondary N) is 1. The van der Waals surface area contributed by atoms with Crippen LogP contribution in [0.2, 0.25) is 0 Å². The maximum absolute atomic E-state index is 11.3. The minimum Gasteiger partial charge on any atom is -0.296 e. The van der Waals surface area contributed by atoms with Gasteiger partial charge in [0.05, 0.1) is 0 Å². The molecule has 1 aliphatic rings. The van der Waals surface area contributed by atoms with E-state index in [2.05, 4.69) is 23.9 Å². The molecule has 0 bridgehead atoms. The zero-order valence-electron chi connectivity index (χ0n) is 13.5. The predicted molar refractivity (Wildman–Crippen MR) is 86.1 cm³/mol. The monoisotopic (exact) mass is 299 g/mol. The molecule has 2 amide bonds. The number of imide groups is 1. The highest BCUT2D eigenvalue weighted by molar-refractivity contribution is 6.03. The number of hydrogen-bond donors (Lipinski definition) is 3. The molecule has 1 atom stereocenters. The number of unbranched alkanes of at least 4 members (excludes halogenated alkanes) is 9. The van der Waals surface area contributed by atoms with Crippen molar-refractivity contribution in [2.75, 3.05) is 0 Å². The summed E-state index contributed by atoms with van der Waals surface area (Å²) in [6.07, 6.45) is 14.4. The van der Waals surface area contributed by atoms with Crippen molar-refractivity contribution in [2.24, 2.45) is 17.6 Å². The highest BCUT2D eigenvalue weighted by Crippen LogP contribution is 2.19. The van der Waals surface area contributed by atoms with Crippen LogP contribution >= 0.6 is 0 Å². The third-order valence-corrected chi connectivity index (χ3v) is 3.97. The smallest absolute Gasteiger partial charge is 0.230 e. The van der Waals surface area contributed by atoms with E-state index in [9.17, 15) is 9.59 Å². The molecule has 1 unspecified atom stereocenters. The van der Waals surface area contributed by atoms with E-state index in [4.69, 9.17) is 0 Å². The lowest BCUT2D eigenvalue weighted by atomic mass is 9.98. The molecular weight excluding hydrogens is 266 g/mol. The van der Waals surface area contributed by atoms with Crippen LogP contribution < -0.4 is 17.0 Å². The highest BCUT2D eigenvalue weighted by atomic mass is 16.2. The molecule has 124 valence electrons. The van der Waals surface area contributed by atoms with Crippen molar-refractivity contribution in [1.29, 1.82) is 0 Å². The Bertz CT molecular complexity index is 283. The van der Waals surface area contributed by atoms with Crippen LogP contribution in [0.25, 0.3) is 0 Å². The fourth-order valence-electron chi connectivity index (χ4n) is 2.72. The number of hydrogen-bond acceptors (Lipinski definition) is 4. The van der Waals surface area contributed by atoms with Crippen molar-refractivity contribution in [3.05, 3.63) is 0 Å². The van der Waals surface area contributed by atoms with Gasteiger partial charge >= 0.3 is 0 Å². The van der Waals surface area contributed by atoms with Crippen LogP contribution in [0, 0.1) is 5.92 Å². The van der Waals surface area contributed by atoms with Crippen molar-refractivity contribution in [3.63, 3.8) is 0 Å². The topological polar surface area (TPSA) is 98.2 Å². The molecule has 1 aliphatic heterocycles. The molecule has 0 radical (unpaired) electrons. The Kier molecular flexibility index (Phi) is 13.4. The second kappa shape index (κ2) is 14.0. The van der Waals surface area contributed by atoms with Crippen LogP contribution in [0.4, 0.5) is 0 Å². The molecule has 5 heteroatoms. The molecule has 21 heavy (non-hydrogen) atoms. The van der Waals surface area contributed by atoms with Crippen LogP contribution in [0.15, 0.2) is 0 Å². The van der Waals surface area contributed by atoms with Crippen LogP contribution in [0.1, 0.15) is 84.0 Å². The summed E-state index contributed by atoms with van der Waals surface area (Å²) in [6, 6.07) is 0. The molecule has 0 aromatic carbocycles. The third kappa shape index (κ3) is 10.4. The van der Waals surface area contributed by atoms with Gasteiger partial charge in [-0.3, -0.25) is 26.6 Å². The Hall–Kier alpha value is -0.940. The quantitative estimate of drug-likeness (QED) is 0.236. The van der Waals surface area contributed by atoms with Gasteiger partial charge in [0.1, 0.15) is 0 Å². The lowest BCUT2D eigenvalue weighted by Crippen LogP contribution is -2.21. The number of hydrazine groups is 1. The molecule has 1 heterocycles. The lowest BCUT2D eigenvalue weighted by Gasteiger charge is -2.05. The van der Waals surface area contributed by atoms with Crippen molar-refractivity contribution in [2.45, 2.75) is 84.0 Å². The molecule has 0 aromatic rings. The summed E-state index contributed by atoms with van der Waals surface area (Å²) in [5.74, 6) is 7.81. The number of rotatable bonds is 11. The summed E-state index contributed by atoms with van der Waals surface area (Å²) in [5.41, 5.74) is 0. The van der Waals surface area contributed by atoms with Crippen molar-refractivity contribution in [3.8, 4) is 0 Å². The summed E-state index contributed by atoms with van der Waals surface area (Å²) in [4.78, 5) is 22.4. The van der Waals surface area contributed by atoms with E-state index in [1.807, 2.05) is 0 Å². The fraction of sp³-hybridized carbons (Fsp3) is 0.875.